The van der Waals surface area contributed by atoms with E-state index in [9.17, 15) is 4.79 Å². The fraction of sp³-hybridized carbons (Fsp3) is 0.706. The first kappa shape index (κ1) is 17.3. The van der Waals surface area contributed by atoms with Gasteiger partial charge in [0.25, 0.3) is 0 Å². The van der Waals surface area contributed by atoms with E-state index >= 15 is 0 Å². The third-order valence-corrected chi connectivity index (χ3v) is 4.99. The summed E-state index contributed by atoms with van der Waals surface area (Å²) in [5.74, 6) is 0.924. The lowest BCUT2D eigenvalue weighted by Gasteiger charge is -2.38. The summed E-state index contributed by atoms with van der Waals surface area (Å²) in [5.41, 5.74) is 1.73. The summed E-state index contributed by atoms with van der Waals surface area (Å²) in [5, 5.41) is 8.86. The predicted octanol–water partition coefficient (Wildman–Crippen LogP) is 3.20. The van der Waals surface area contributed by atoms with Crippen molar-refractivity contribution in [3.63, 3.8) is 0 Å². The van der Waals surface area contributed by atoms with Crippen LogP contribution in [0.1, 0.15) is 44.7 Å². The fourth-order valence-corrected chi connectivity index (χ4v) is 3.60. The lowest BCUT2D eigenvalue weighted by molar-refractivity contribution is 0.0198. The Morgan fingerprint density at radius 2 is 2.04 bits per heavy atom. The van der Waals surface area contributed by atoms with Crippen molar-refractivity contribution < 1.29 is 9.53 Å². The van der Waals surface area contributed by atoms with E-state index in [1.54, 1.807) is 0 Å². The molecule has 24 heavy (non-hydrogen) atoms. The van der Waals surface area contributed by atoms with Gasteiger partial charge in [0.1, 0.15) is 5.60 Å². The van der Waals surface area contributed by atoms with Crippen LogP contribution in [0.5, 0.6) is 0 Å². The van der Waals surface area contributed by atoms with Gasteiger partial charge in [-0.3, -0.25) is 0 Å². The second kappa shape index (κ2) is 6.39. The number of aromatic nitrogens is 2. The lowest BCUT2D eigenvalue weighted by Crippen LogP contribution is -2.50. The monoisotopic (exact) mass is 352 g/mol. The van der Waals surface area contributed by atoms with Crippen LogP contribution in [0, 0.1) is 6.92 Å². The van der Waals surface area contributed by atoms with E-state index in [1.165, 1.54) is 5.56 Å². The molecule has 0 radical (unpaired) electrons. The number of hydrogen-bond acceptors (Lipinski definition) is 5. The Bertz CT molecular complexity index is 644. The van der Waals surface area contributed by atoms with Gasteiger partial charge in [-0.15, -0.1) is 10.2 Å². The number of carbonyl (C=O) groups is 1. The van der Waals surface area contributed by atoms with Gasteiger partial charge < -0.3 is 14.5 Å². The third-order valence-electron chi connectivity index (χ3n) is 4.63. The van der Waals surface area contributed by atoms with E-state index in [-0.39, 0.29) is 12.1 Å². The topological polar surface area (TPSA) is 58.6 Å². The number of carbonyl (C=O) groups excluding carboxylic acids is 1. The summed E-state index contributed by atoms with van der Waals surface area (Å²) in [6.07, 6.45) is 2.71. The van der Waals surface area contributed by atoms with Crippen molar-refractivity contribution in [1.29, 1.82) is 0 Å². The van der Waals surface area contributed by atoms with Crippen LogP contribution in [0.2, 0.25) is 5.15 Å². The number of hydrogen-bond donors (Lipinski definition) is 0. The van der Waals surface area contributed by atoms with Crippen LogP contribution in [0.25, 0.3) is 0 Å². The highest BCUT2D eigenvalue weighted by molar-refractivity contribution is 6.30. The number of nitrogens with zero attached hydrogens (tertiary/aromatic N) is 4. The molecule has 3 rings (SSSR count). The van der Waals surface area contributed by atoms with E-state index in [0.717, 1.165) is 43.7 Å². The minimum atomic E-state index is -0.469. The number of rotatable bonds is 1. The van der Waals surface area contributed by atoms with E-state index < -0.39 is 5.60 Å². The molecule has 3 heterocycles. The molecule has 0 aromatic carbocycles. The van der Waals surface area contributed by atoms with Crippen molar-refractivity contribution in [3.05, 3.63) is 16.3 Å². The lowest BCUT2D eigenvalue weighted by atomic mass is 10.0. The van der Waals surface area contributed by atoms with Gasteiger partial charge in [0.05, 0.1) is 0 Å². The van der Waals surface area contributed by atoms with Crippen LogP contribution in [0.4, 0.5) is 10.6 Å². The van der Waals surface area contributed by atoms with Crippen molar-refractivity contribution >= 4 is 23.5 Å². The molecule has 2 aliphatic heterocycles. The Morgan fingerprint density at radius 1 is 1.29 bits per heavy atom. The van der Waals surface area contributed by atoms with Gasteiger partial charge >= 0.3 is 6.09 Å². The zero-order valence-electron chi connectivity index (χ0n) is 14.8. The summed E-state index contributed by atoms with van der Waals surface area (Å²) in [6, 6.07) is 0.252. The largest absolute Gasteiger partial charge is 0.444 e. The number of ether oxygens (including phenoxy) is 1. The van der Waals surface area contributed by atoms with Gasteiger partial charge in [0.2, 0.25) is 0 Å². The molecular formula is C17H25ClN4O2. The van der Waals surface area contributed by atoms with Crippen molar-refractivity contribution in [2.75, 3.05) is 24.5 Å². The van der Waals surface area contributed by atoms with Crippen molar-refractivity contribution in [2.24, 2.45) is 0 Å². The van der Waals surface area contributed by atoms with Crippen molar-refractivity contribution in [2.45, 2.75) is 58.6 Å². The van der Waals surface area contributed by atoms with Gasteiger partial charge in [-0.1, -0.05) is 11.6 Å². The van der Waals surface area contributed by atoms with Crippen LogP contribution < -0.4 is 4.90 Å². The van der Waals surface area contributed by atoms with Crippen LogP contribution in [0.15, 0.2) is 0 Å². The molecule has 0 unspecified atom stereocenters. The summed E-state index contributed by atoms with van der Waals surface area (Å²) in [6.45, 7) is 9.99. The number of halogens is 1. The van der Waals surface area contributed by atoms with Gasteiger partial charge in [-0.2, -0.15) is 0 Å². The van der Waals surface area contributed by atoms with Crippen molar-refractivity contribution in [3.8, 4) is 0 Å². The average Bonchev–Trinajstić information content (AvgIpc) is 2.94. The molecule has 2 aliphatic rings. The maximum absolute atomic E-state index is 12.4. The minimum Gasteiger partial charge on any atom is -0.444 e. The van der Waals surface area contributed by atoms with E-state index in [2.05, 4.69) is 15.1 Å². The van der Waals surface area contributed by atoms with E-state index in [1.807, 2.05) is 32.6 Å². The van der Waals surface area contributed by atoms with Gasteiger partial charge in [-0.25, -0.2) is 4.79 Å². The Balaban J connectivity index is 1.73. The summed E-state index contributed by atoms with van der Waals surface area (Å²) in [7, 11) is 0. The maximum Gasteiger partial charge on any atom is 0.410 e. The number of fused-ring (bicyclic) bond motifs is 1. The fourth-order valence-electron chi connectivity index (χ4n) is 3.44. The molecule has 1 atom stereocenters. The van der Waals surface area contributed by atoms with E-state index in [0.29, 0.717) is 11.7 Å². The van der Waals surface area contributed by atoms with Gasteiger partial charge in [-0.05, 0) is 52.5 Å². The van der Waals surface area contributed by atoms with Crippen LogP contribution >= 0.6 is 11.6 Å². The highest BCUT2D eigenvalue weighted by Gasteiger charge is 2.35. The standard InChI is InChI=1S/C17H25ClN4O2/c1-11-13-7-9-22(15(13)20-19-14(11)18)12-6-5-8-21(10-12)16(23)24-17(2,3)4/h12H,5-10H2,1-4H3/t12-/m1/s1. The molecule has 0 N–H and O–H groups in total. The molecule has 132 valence electrons. The van der Waals surface area contributed by atoms with Gasteiger partial charge in [0, 0.05) is 31.2 Å². The summed E-state index contributed by atoms with van der Waals surface area (Å²) >= 11 is 6.09. The molecule has 1 aromatic heterocycles. The second-order valence-electron chi connectivity index (χ2n) is 7.58. The first-order valence-electron chi connectivity index (χ1n) is 8.52. The zero-order chi connectivity index (χ0) is 17.5. The molecule has 1 aromatic rings. The second-order valence-corrected chi connectivity index (χ2v) is 7.94. The summed E-state index contributed by atoms with van der Waals surface area (Å²) < 4.78 is 5.52. The van der Waals surface area contributed by atoms with Crippen LogP contribution in [0.3, 0.4) is 0 Å². The first-order valence-corrected chi connectivity index (χ1v) is 8.90. The molecule has 7 heteroatoms. The average molecular weight is 353 g/mol. The Labute approximate surface area is 148 Å². The molecule has 0 spiro atoms. The van der Waals surface area contributed by atoms with Crippen LogP contribution in [-0.4, -0.2) is 52.5 Å². The highest BCUT2D eigenvalue weighted by atomic mass is 35.5. The smallest absolute Gasteiger partial charge is 0.410 e. The number of piperidine rings is 1. The molecular weight excluding hydrogens is 328 g/mol. The Kier molecular flexibility index (Phi) is 4.60. The molecule has 0 aliphatic carbocycles. The Morgan fingerprint density at radius 3 is 2.75 bits per heavy atom. The molecule has 1 fully saturated rings. The number of amides is 1. The van der Waals surface area contributed by atoms with Crippen molar-refractivity contribution in [1.82, 2.24) is 15.1 Å². The zero-order valence-corrected chi connectivity index (χ0v) is 15.6. The molecule has 0 bridgehead atoms. The first-order chi connectivity index (χ1) is 11.3. The SMILES string of the molecule is Cc1c(Cl)nnc2c1CCN2[C@@H]1CCCN(C(=O)OC(C)(C)C)C1. The predicted molar refractivity (Wildman–Crippen MR) is 93.7 cm³/mol. The maximum atomic E-state index is 12.4. The quantitative estimate of drug-likeness (QED) is 0.776. The summed E-state index contributed by atoms with van der Waals surface area (Å²) in [4.78, 5) is 16.5. The number of anilines is 1. The van der Waals surface area contributed by atoms with E-state index in [4.69, 9.17) is 16.3 Å². The normalized spacial score (nSPS) is 21.0. The molecule has 0 saturated carbocycles. The number of likely N-dealkylation sites (tertiary alicyclic amines) is 1. The minimum absolute atomic E-state index is 0.231. The molecule has 1 saturated heterocycles. The van der Waals surface area contributed by atoms with Crippen LogP contribution in [-0.2, 0) is 11.2 Å². The third kappa shape index (κ3) is 3.43. The highest BCUT2D eigenvalue weighted by Crippen LogP contribution is 2.33. The molecule has 1 amide bonds. The van der Waals surface area contributed by atoms with Gasteiger partial charge in [0.15, 0.2) is 11.0 Å². The molecule has 6 nitrogen and oxygen atoms in total. The Hall–Kier alpha value is -1.56.